The van der Waals surface area contributed by atoms with Crippen molar-refractivity contribution >= 4 is 33.0 Å². The highest BCUT2D eigenvalue weighted by Gasteiger charge is 2.39. The largest absolute Gasteiger partial charge is 0.486 e. The van der Waals surface area contributed by atoms with Crippen LogP contribution in [0.5, 0.6) is 5.75 Å². The molecule has 0 bridgehead atoms. The number of aromatic nitrogens is 2. The number of halogens is 1. The first kappa shape index (κ1) is 30.9. The highest BCUT2D eigenvalue weighted by Crippen LogP contribution is 2.45. The molecule has 1 saturated heterocycles. The third-order valence-electron chi connectivity index (χ3n) is 7.91. The molecule has 14 heteroatoms. The maximum Gasteiger partial charge on any atom is 0.316 e. The molecule has 0 amide bonds. The second-order valence-electron chi connectivity index (χ2n) is 11.3. The first-order chi connectivity index (χ1) is 20.5. The zero-order valence-electron chi connectivity index (χ0n) is 23.8. The molecular weight excluding hydrogens is 598 g/mol. The highest BCUT2D eigenvalue weighted by molar-refractivity contribution is 7.88. The Morgan fingerprint density at radius 1 is 1.14 bits per heavy atom. The number of benzene rings is 2. The third-order valence-corrected chi connectivity index (χ3v) is 9.99. The van der Waals surface area contributed by atoms with E-state index in [-0.39, 0.29) is 42.3 Å². The maximum atomic E-state index is 13.6. The minimum atomic E-state index is -3.78. The Morgan fingerprint density at radius 3 is 2.53 bits per heavy atom. The normalized spacial score (nSPS) is 16.7. The second-order valence-corrected chi connectivity index (χ2v) is 13.8. The average Bonchev–Trinajstić information content (AvgIpc) is 3.72. The topological polar surface area (TPSA) is 148 Å². The van der Waals surface area contributed by atoms with Gasteiger partial charge in [-0.05, 0) is 49.4 Å². The summed E-state index contributed by atoms with van der Waals surface area (Å²) in [6.07, 6.45) is 4.29. The fourth-order valence-corrected chi connectivity index (χ4v) is 6.73. The van der Waals surface area contributed by atoms with Crippen molar-refractivity contribution in [3.63, 3.8) is 0 Å². The van der Waals surface area contributed by atoms with E-state index in [1.54, 1.807) is 42.6 Å². The van der Waals surface area contributed by atoms with Crippen molar-refractivity contribution in [1.29, 1.82) is 0 Å². The number of piperazine rings is 1. The van der Waals surface area contributed by atoms with E-state index in [2.05, 4.69) is 12.0 Å². The number of aliphatic hydroxyl groups is 1. The number of ether oxygens (including phenoxy) is 1. The lowest BCUT2D eigenvalue weighted by atomic mass is 10.1. The summed E-state index contributed by atoms with van der Waals surface area (Å²) in [5, 5.41) is 25.5. The zero-order valence-corrected chi connectivity index (χ0v) is 25.4. The van der Waals surface area contributed by atoms with E-state index in [9.17, 15) is 23.3 Å². The van der Waals surface area contributed by atoms with Gasteiger partial charge in [-0.15, -0.1) is 0 Å². The molecule has 43 heavy (non-hydrogen) atoms. The molecule has 0 spiro atoms. The molecule has 1 aromatic heterocycles. The van der Waals surface area contributed by atoms with E-state index >= 15 is 0 Å². The van der Waals surface area contributed by atoms with Crippen LogP contribution in [0, 0.1) is 15.5 Å². The van der Waals surface area contributed by atoms with Crippen LogP contribution < -0.4 is 15.2 Å². The Balaban J connectivity index is 1.33. The fraction of sp³-hybridized carbons (Fsp3) is 0.448. The summed E-state index contributed by atoms with van der Waals surface area (Å²) >= 11 is 6.14. The quantitative estimate of drug-likeness (QED) is 0.234. The van der Waals surface area contributed by atoms with Gasteiger partial charge in [0.25, 0.3) is 5.69 Å². The Bertz CT molecular complexity index is 1670. The van der Waals surface area contributed by atoms with Crippen LogP contribution in [-0.4, -0.2) is 71.9 Å². The fourth-order valence-electron chi connectivity index (χ4n) is 5.05. The Morgan fingerprint density at radius 2 is 1.88 bits per heavy atom. The van der Waals surface area contributed by atoms with Crippen molar-refractivity contribution < 1.29 is 23.2 Å². The van der Waals surface area contributed by atoms with Gasteiger partial charge < -0.3 is 14.7 Å². The lowest BCUT2D eigenvalue weighted by Gasteiger charge is -2.35. The van der Waals surface area contributed by atoms with Gasteiger partial charge in [0, 0.05) is 54.9 Å². The molecule has 0 unspecified atom stereocenters. The summed E-state index contributed by atoms with van der Waals surface area (Å²) in [5.41, 5.74) is 1.21. The van der Waals surface area contributed by atoms with Crippen LogP contribution in [0.3, 0.4) is 0 Å². The third kappa shape index (κ3) is 7.18. The van der Waals surface area contributed by atoms with Crippen LogP contribution in [0.25, 0.3) is 5.69 Å². The van der Waals surface area contributed by atoms with Crippen LogP contribution >= 0.6 is 11.6 Å². The molecule has 0 atom stereocenters. The van der Waals surface area contributed by atoms with Crippen molar-refractivity contribution in [2.75, 3.05) is 44.3 Å². The Kier molecular flexibility index (Phi) is 9.07. The molecule has 1 N–H and O–H groups in total. The molecule has 1 saturated carbocycles. The molecule has 2 aliphatic rings. The van der Waals surface area contributed by atoms with E-state index in [0.29, 0.717) is 60.1 Å². The van der Waals surface area contributed by atoms with E-state index in [4.69, 9.17) is 21.4 Å². The van der Waals surface area contributed by atoms with Crippen LogP contribution in [0.4, 0.5) is 11.4 Å². The number of hydrogen-bond acceptors (Lipinski definition) is 9. The van der Waals surface area contributed by atoms with Gasteiger partial charge in [0.1, 0.15) is 5.69 Å². The summed E-state index contributed by atoms with van der Waals surface area (Å²) in [7, 11) is -3.78. The zero-order chi connectivity index (χ0) is 30.8. The van der Waals surface area contributed by atoms with Crippen molar-refractivity contribution in [1.82, 2.24) is 14.1 Å². The van der Waals surface area contributed by atoms with Crippen LogP contribution in [-0.2, 0) is 22.2 Å². The number of anilines is 1. The first-order valence-electron chi connectivity index (χ1n) is 14.1. The van der Waals surface area contributed by atoms with Crippen LogP contribution in [0.1, 0.15) is 37.3 Å². The molecule has 3 aromatic rings. The van der Waals surface area contributed by atoms with Gasteiger partial charge in [-0.1, -0.05) is 36.7 Å². The number of hydrogen-bond donors (Lipinski definition) is 1. The number of sulfonamides is 1. The van der Waals surface area contributed by atoms with E-state index in [1.165, 1.54) is 15.1 Å². The molecule has 2 fully saturated rings. The van der Waals surface area contributed by atoms with Gasteiger partial charge in [-0.2, -0.15) is 14.1 Å². The van der Waals surface area contributed by atoms with Crippen molar-refractivity contribution in [3.8, 4) is 11.4 Å². The summed E-state index contributed by atoms with van der Waals surface area (Å²) in [4.78, 5) is 26.6. The predicted octanol–water partition coefficient (Wildman–Crippen LogP) is 3.55. The van der Waals surface area contributed by atoms with Crippen molar-refractivity contribution in [2.45, 2.75) is 38.4 Å². The Hall–Kier alpha value is -3.52. The van der Waals surface area contributed by atoms with Crippen molar-refractivity contribution in [2.24, 2.45) is 5.41 Å². The standard InChI is InChI=1S/C29H34ClN5O7S/c1-29(9-10-29)20-42-27-26(18-31-34(28(27)37)24-6-2-5-23(30)17-24)32-11-13-33(14-12-32)43(40,41)19-21-7-8-22(4-3-15-36)25(16-21)35(38)39/h2,5-8,16-18,36H,3-4,9-15,19-20H2,1H3. The van der Waals surface area contributed by atoms with Crippen LogP contribution in [0.15, 0.2) is 53.5 Å². The lowest BCUT2D eigenvalue weighted by Crippen LogP contribution is -2.49. The average molecular weight is 632 g/mol. The minimum absolute atomic E-state index is 0.0206. The number of nitro benzene ring substituents is 1. The van der Waals surface area contributed by atoms with Crippen molar-refractivity contribution in [3.05, 3.63) is 85.3 Å². The number of nitro groups is 1. The number of nitrogens with zero attached hydrogens (tertiary/aromatic N) is 5. The molecule has 5 rings (SSSR count). The summed E-state index contributed by atoms with van der Waals surface area (Å²) in [6.45, 7) is 3.31. The number of aryl methyl sites for hydroxylation is 1. The number of aliphatic hydroxyl groups excluding tert-OH is 1. The van der Waals surface area contributed by atoms with E-state index in [0.717, 1.165) is 12.8 Å². The SMILES string of the molecule is CC1(COc2c(N3CCN(S(=O)(=O)Cc4ccc(CCCO)c([N+](=O)[O-])c4)CC3)cnn(-c3cccc(Cl)c3)c2=O)CC1. The molecule has 1 aliphatic carbocycles. The number of rotatable bonds is 12. The maximum absolute atomic E-state index is 13.6. The molecule has 2 aromatic carbocycles. The summed E-state index contributed by atoms with van der Waals surface area (Å²) in [6, 6.07) is 11.2. The molecule has 2 heterocycles. The van der Waals surface area contributed by atoms with Gasteiger partial charge >= 0.3 is 5.56 Å². The highest BCUT2D eigenvalue weighted by atomic mass is 35.5. The monoisotopic (exact) mass is 631 g/mol. The molecule has 12 nitrogen and oxygen atoms in total. The van der Waals surface area contributed by atoms with Gasteiger partial charge in [-0.3, -0.25) is 14.9 Å². The summed E-state index contributed by atoms with van der Waals surface area (Å²) in [5.74, 6) is -0.216. The van der Waals surface area contributed by atoms with E-state index in [1.807, 2.05) is 4.90 Å². The molecular formula is C29H34ClN5O7S. The van der Waals surface area contributed by atoms with Gasteiger partial charge in [0.2, 0.25) is 15.8 Å². The molecule has 1 aliphatic heterocycles. The second kappa shape index (κ2) is 12.6. The van der Waals surface area contributed by atoms with E-state index < -0.39 is 20.5 Å². The van der Waals surface area contributed by atoms with Gasteiger partial charge in [-0.25, -0.2) is 8.42 Å². The molecule has 0 radical (unpaired) electrons. The lowest BCUT2D eigenvalue weighted by molar-refractivity contribution is -0.385. The smallest absolute Gasteiger partial charge is 0.316 e. The van der Waals surface area contributed by atoms with Crippen LogP contribution in [0.2, 0.25) is 5.02 Å². The predicted molar refractivity (Wildman–Crippen MR) is 163 cm³/mol. The Labute approximate surface area is 254 Å². The van der Waals surface area contributed by atoms with Gasteiger partial charge in [0.15, 0.2) is 0 Å². The van der Waals surface area contributed by atoms with Gasteiger partial charge in [0.05, 0.1) is 29.2 Å². The first-order valence-corrected chi connectivity index (χ1v) is 16.1. The summed E-state index contributed by atoms with van der Waals surface area (Å²) < 4.78 is 35.4. The molecule has 230 valence electrons. The minimum Gasteiger partial charge on any atom is -0.486 e.